The number of benzene rings is 1. The summed E-state index contributed by atoms with van der Waals surface area (Å²) in [6, 6.07) is 5.32. The molecular weight excluding hydrogens is 391 g/mol. The van der Waals surface area contributed by atoms with E-state index in [1.807, 2.05) is 0 Å². The third-order valence-corrected chi connectivity index (χ3v) is 5.12. The minimum absolute atomic E-state index is 0.0339. The predicted octanol–water partition coefficient (Wildman–Crippen LogP) is 1.75. The normalized spacial score (nSPS) is 17.9. The zero-order chi connectivity index (χ0) is 19.4. The Hall–Kier alpha value is -1.43. The van der Waals surface area contributed by atoms with Crippen molar-refractivity contribution in [2.75, 3.05) is 19.7 Å². The molecular formula is C15H20F3N3O3S2. The number of thiocarbonyl (C=S) groups is 1. The molecule has 3 N–H and O–H groups in total. The molecule has 0 spiro atoms. The molecule has 1 heterocycles. The summed E-state index contributed by atoms with van der Waals surface area (Å²) in [6.07, 6.45) is -2.74. The van der Waals surface area contributed by atoms with Crippen LogP contribution in [-0.2, 0) is 21.3 Å². The lowest BCUT2D eigenvalue weighted by Crippen LogP contribution is -2.46. The standard InChI is InChI=1S/C15H20F3N3O3S2/c16-15(17,18)10-21(14(25)20-8-12-2-1-7-24-12)9-11-3-5-13(6-4-11)26(19,22)23/h3-6,12H,1-2,7-10H2,(H,20,25)(H2,19,22,23)/t12-/m0/s1. The molecule has 0 amide bonds. The summed E-state index contributed by atoms with van der Waals surface area (Å²) in [5.41, 5.74) is 0.475. The topological polar surface area (TPSA) is 84.7 Å². The smallest absolute Gasteiger partial charge is 0.376 e. The van der Waals surface area contributed by atoms with Crippen LogP contribution in [0, 0.1) is 0 Å². The van der Waals surface area contributed by atoms with Gasteiger partial charge in [0, 0.05) is 19.7 Å². The number of nitrogens with one attached hydrogen (secondary N) is 1. The van der Waals surface area contributed by atoms with E-state index < -0.39 is 22.7 Å². The zero-order valence-electron chi connectivity index (χ0n) is 13.8. The van der Waals surface area contributed by atoms with Crippen LogP contribution in [0.25, 0.3) is 0 Å². The van der Waals surface area contributed by atoms with Crippen molar-refractivity contribution in [1.29, 1.82) is 0 Å². The van der Waals surface area contributed by atoms with Crippen LogP contribution in [-0.4, -0.2) is 50.4 Å². The molecule has 1 atom stereocenters. The Labute approximate surface area is 155 Å². The van der Waals surface area contributed by atoms with E-state index in [4.69, 9.17) is 22.1 Å². The van der Waals surface area contributed by atoms with Gasteiger partial charge < -0.3 is 15.0 Å². The van der Waals surface area contributed by atoms with E-state index in [1.165, 1.54) is 24.3 Å². The van der Waals surface area contributed by atoms with Crippen molar-refractivity contribution in [3.63, 3.8) is 0 Å². The van der Waals surface area contributed by atoms with Gasteiger partial charge in [-0.15, -0.1) is 0 Å². The third kappa shape index (κ3) is 6.71. The number of rotatable bonds is 6. The van der Waals surface area contributed by atoms with E-state index in [2.05, 4.69) is 5.32 Å². The van der Waals surface area contributed by atoms with E-state index in [1.54, 1.807) is 0 Å². The minimum Gasteiger partial charge on any atom is -0.376 e. The molecule has 26 heavy (non-hydrogen) atoms. The zero-order valence-corrected chi connectivity index (χ0v) is 15.5. The second kappa shape index (κ2) is 8.51. The monoisotopic (exact) mass is 411 g/mol. The van der Waals surface area contributed by atoms with Crippen LogP contribution in [0.3, 0.4) is 0 Å². The van der Waals surface area contributed by atoms with Gasteiger partial charge in [-0.2, -0.15) is 13.2 Å². The Morgan fingerprint density at radius 3 is 2.50 bits per heavy atom. The van der Waals surface area contributed by atoms with Crippen LogP contribution >= 0.6 is 12.2 Å². The Morgan fingerprint density at radius 1 is 1.35 bits per heavy atom. The molecule has 1 aromatic rings. The maximum Gasteiger partial charge on any atom is 0.406 e. The summed E-state index contributed by atoms with van der Waals surface area (Å²) < 4.78 is 66.6. The molecule has 0 unspecified atom stereocenters. The quantitative estimate of drug-likeness (QED) is 0.694. The fourth-order valence-corrected chi connectivity index (χ4v) is 3.27. The van der Waals surface area contributed by atoms with Crippen LogP contribution < -0.4 is 10.5 Å². The highest BCUT2D eigenvalue weighted by molar-refractivity contribution is 7.89. The number of hydrogen-bond acceptors (Lipinski definition) is 4. The Bertz CT molecular complexity index is 718. The summed E-state index contributed by atoms with van der Waals surface area (Å²) >= 11 is 5.11. The minimum atomic E-state index is -4.43. The molecule has 0 saturated carbocycles. The average molecular weight is 411 g/mol. The van der Waals surface area contributed by atoms with E-state index in [0.717, 1.165) is 17.7 Å². The van der Waals surface area contributed by atoms with Gasteiger partial charge in [0.25, 0.3) is 0 Å². The van der Waals surface area contributed by atoms with Gasteiger partial charge in [0.1, 0.15) is 6.54 Å². The van der Waals surface area contributed by atoms with Crippen LogP contribution in [0.4, 0.5) is 13.2 Å². The summed E-state index contributed by atoms with van der Waals surface area (Å²) in [5, 5.41) is 7.79. The SMILES string of the molecule is NS(=O)(=O)c1ccc(CN(CC(F)(F)F)C(=S)NC[C@@H]2CCCO2)cc1. The summed E-state index contributed by atoms with van der Waals surface area (Å²) in [6.45, 7) is -0.359. The summed E-state index contributed by atoms with van der Waals surface area (Å²) in [4.78, 5) is 0.874. The van der Waals surface area contributed by atoms with Crippen LogP contribution in [0.5, 0.6) is 0 Å². The van der Waals surface area contributed by atoms with Crippen molar-refractivity contribution in [3.8, 4) is 0 Å². The van der Waals surface area contributed by atoms with Crippen molar-refractivity contribution in [3.05, 3.63) is 29.8 Å². The van der Waals surface area contributed by atoms with Crippen molar-refractivity contribution < 1.29 is 26.3 Å². The molecule has 11 heteroatoms. The maximum atomic E-state index is 12.9. The number of primary sulfonamides is 1. The lowest BCUT2D eigenvalue weighted by Gasteiger charge is -2.27. The van der Waals surface area contributed by atoms with Gasteiger partial charge in [-0.3, -0.25) is 0 Å². The molecule has 1 saturated heterocycles. The molecule has 0 aliphatic carbocycles. The first kappa shape index (κ1) is 20.9. The largest absolute Gasteiger partial charge is 0.406 e. The second-order valence-corrected chi connectivity index (χ2v) is 7.93. The van der Waals surface area contributed by atoms with Gasteiger partial charge >= 0.3 is 6.18 Å². The molecule has 1 fully saturated rings. The molecule has 6 nitrogen and oxygen atoms in total. The van der Waals surface area contributed by atoms with Gasteiger partial charge in [-0.1, -0.05) is 12.1 Å². The summed E-state index contributed by atoms with van der Waals surface area (Å²) in [7, 11) is -3.86. The lowest BCUT2D eigenvalue weighted by atomic mass is 10.2. The highest BCUT2D eigenvalue weighted by Crippen LogP contribution is 2.19. The van der Waals surface area contributed by atoms with E-state index in [-0.39, 0.29) is 22.7 Å². The van der Waals surface area contributed by atoms with Crippen LogP contribution in [0.2, 0.25) is 0 Å². The van der Waals surface area contributed by atoms with E-state index >= 15 is 0 Å². The number of halogens is 3. The highest BCUT2D eigenvalue weighted by Gasteiger charge is 2.32. The Kier molecular flexibility index (Phi) is 6.83. The molecule has 0 bridgehead atoms. The van der Waals surface area contributed by atoms with Gasteiger partial charge in [0.15, 0.2) is 5.11 Å². The number of hydrogen-bond donors (Lipinski definition) is 2. The van der Waals surface area contributed by atoms with Gasteiger partial charge in [0.2, 0.25) is 10.0 Å². The van der Waals surface area contributed by atoms with Crippen molar-refractivity contribution in [2.45, 2.75) is 36.6 Å². The van der Waals surface area contributed by atoms with Crippen LogP contribution in [0.1, 0.15) is 18.4 Å². The van der Waals surface area contributed by atoms with Crippen molar-refractivity contribution in [2.24, 2.45) is 5.14 Å². The van der Waals surface area contributed by atoms with Crippen molar-refractivity contribution in [1.82, 2.24) is 10.2 Å². The summed E-state index contributed by atoms with van der Waals surface area (Å²) in [5.74, 6) is 0. The third-order valence-electron chi connectivity index (χ3n) is 3.79. The first-order valence-corrected chi connectivity index (χ1v) is 9.83. The fourth-order valence-electron chi connectivity index (χ4n) is 2.54. The molecule has 146 valence electrons. The van der Waals surface area contributed by atoms with Crippen molar-refractivity contribution >= 4 is 27.4 Å². The molecule has 0 aromatic heterocycles. The molecule has 0 radical (unpaired) electrons. The highest BCUT2D eigenvalue weighted by atomic mass is 32.2. The van der Waals surface area contributed by atoms with E-state index in [0.29, 0.717) is 18.7 Å². The number of nitrogens with zero attached hydrogens (tertiary/aromatic N) is 1. The Morgan fingerprint density at radius 2 is 2.00 bits per heavy atom. The molecule has 1 aromatic carbocycles. The fraction of sp³-hybridized carbons (Fsp3) is 0.533. The average Bonchev–Trinajstić information content (AvgIpc) is 3.03. The number of nitrogens with two attached hydrogens (primary N) is 1. The Balaban J connectivity index is 2.04. The van der Waals surface area contributed by atoms with Gasteiger partial charge in [0.05, 0.1) is 11.0 Å². The molecule has 2 rings (SSSR count). The lowest BCUT2D eigenvalue weighted by molar-refractivity contribution is -0.138. The molecule has 1 aliphatic rings. The number of sulfonamides is 1. The molecule has 1 aliphatic heterocycles. The van der Waals surface area contributed by atoms with E-state index in [9.17, 15) is 21.6 Å². The predicted molar refractivity (Wildman–Crippen MR) is 93.9 cm³/mol. The van der Waals surface area contributed by atoms with Crippen LogP contribution in [0.15, 0.2) is 29.2 Å². The number of ether oxygens (including phenoxy) is 1. The maximum absolute atomic E-state index is 12.9. The van der Waals surface area contributed by atoms with Gasteiger partial charge in [-0.05, 0) is 42.8 Å². The van der Waals surface area contributed by atoms with Gasteiger partial charge in [-0.25, -0.2) is 13.6 Å². The second-order valence-electron chi connectivity index (χ2n) is 5.98. The number of alkyl halides is 3. The first-order valence-electron chi connectivity index (χ1n) is 7.87. The first-order chi connectivity index (χ1) is 12.0.